The summed E-state index contributed by atoms with van der Waals surface area (Å²) in [5.41, 5.74) is 1.55. The van der Waals surface area contributed by atoms with Crippen molar-refractivity contribution in [3.8, 4) is 0 Å². The summed E-state index contributed by atoms with van der Waals surface area (Å²) >= 11 is 0. The largest absolute Gasteiger partial charge is 0.352 e. The lowest BCUT2D eigenvalue weighted by Gasteiger charge is -2.05. The monoisotopic (exact) mass is 224 g/mol. The molecule has 1 amide bonds. The molecule has 0 saturated heterocycles. The average molecular weight is 224 g/mol. The number of aromatic nitrogens is 2. The van der Waals surface area contributed by atoms with Gasteiger partial charge in [0.25, 0.3) is 5.91 Å². The van der Waals surface area contributed by atoms with Crippen LogP contribution in [0.3, 0.4) is 0 Å². The first-order valence-corrected chi connectivity index (χ1v) is 5.64. The fraction of sp³-hybridized carbons (Fsp3) is 0.636. The first-order valence-electron chi connectivity index (χ1n) is 5.64. The number of hydrogen-bond donors (Lipinski definition) is 2. The van der Waals surface area contributed by atoms with Gasteiger partial charge in [-0.15, -0.1) is 0 Å². The van der Waals surface area contributed by atoms with E-state index in [1.165, 1.54) is 0 Å². The van der Waals surface area contributed by atoms with Gasteiger partial charge in [0.1, 0.15) is 0 Å². The maximum absolute atomic E-state index is 11.7. The molecule has 1 rings (SSSR count). The van der Waals surface area contributed by atoms with Crippen molar-refractivity contribution in [2.75, 3.05) is 19.6 Å². The number of amides is 1. The van der Waals surface area contributed by atoms with E-state index in [1.807, 2.05) is 14.0 Å². The van der Waals surface area contributed by atoms with Crippen LogP contribution in [0.2, 0.25) is 0 Å². The number of hydrogen-bond acceptors (Lipinski definition) is 3. The standard InChI is InChI=1S/C11H20N4O/c1-4-12-6-5-7-13-11(16)10-8-14-15(3)9(10)2/h8,12H,4-7H2,1-3H3,(H,13,16). The first-order chi connectivity index (χ1) is 7.66. The molecule has 0 bridgehead atoms. The van der Waals surface area contributed by atoms with Crippen LogP contribution in [-0.2, 0) is 7.05 Å². The maximum atomic E-state index is 11.7. The van der Waals surface area contributed by atoms with Gasteiger partial charge in [0.15, 0.2) is 0 Å². The zero-order valence-electron chi connectivity index (χ0n) is 10.2. The molecule has 0 radical (unpaired) electrons. The third-order valence-electron chi connectivity index (χ3n) is 2.55. The van der Waals surface area contributed by atoms with Gasteiger partial charge in [-0.2, -0.15) is 5.10 Å². The quantitative estimate of drug-likeness (QED) is 0.690. The molecule has 0 aliphatic carbocycles. The number of carbonyl (C=O) groups excluding carboxylic acids is 1. The van der Waals surface area contributed by atoms with Crippen molar-refractivity contribution in [1.29, 1.82) is 0 Å². The molecule has 0 unspecified atom stereocenters. The van der Waals surface area contributed by atoms with Crippen LogP contribution >= 0.6 is 0 Å². The molecule has 2 N–H and O–H groups in total. The van der Waals surface area contributed by atoms with E-state index >= 15 is 0 Å². The van der Waals surface area contributed by atoms with Crippen LogP contribution in [0, 0.1) is 6.92 Å². The van der Waals surface area contributed by atoms with Gasteiger partial charge in [0, 0.05) is 19.3 Å². The number of aryl methyl sites for hydroxylation is 1. The molecule has 90 valence electrons. The average Bonchev–Trinajstić information content (AvgIpc) is 2.59. The molecule has 0 aliphatic heterocycles. The van der Waals surface area contributed by atoms with Crippen LogP contribution in [0.15, 0.2) is 6.20 Å². The molecule has 1 aromatic heterocycles. The van der Waals surface area contributed by atoms with Gasteiger partial charge in [-0.3, -0.25) is 9.48 Å². The van der Waals surface area contributed by atoms with Crippen molar-refractivity contribution in [2.24, 2.45) is 7.05 Å². The summed E-state index contributed by atoms with van der Waals surface area (Å²) in [6, 6.07) is 0. The minimum Gasteiger partial charge on any atom is -0.352 e. The van der Waals surface area contributed by atoms with Crippen LogP contribution < -0.4 is 10.6 Å². The zero-order chi connectivity index (χ0) is 12.0. The Morgan fingerprint density at radius 2 is 2.25 bits per heavy atom. The number of nitrogens with one attached hydrogen (secondary N) is 2. The van der Waals surface area contributed by atoms with Gasteiger partial charge in [-0.05, 0) is 26.4 Å². The Bertz CT molecular complexity index is 346. The second kappa shape index (κ2) is 6.27. The highest BCUT2D eigenvalue weighted by Gasteiger charge is 2.11. The maximum Gasteiger partial charge on any atom is 0.254 e. The highest BCUT2D eigenvalue weighted by Crippen LogP contribution is 2.04. The zero-order valence-corrected chi connectivity index (χ0v) is 10.2. The molecule has 0 saturated carbocycles. The normalized spacial score (nSPS) is 10.4. The Labute approximate surface area is 96.2 Å². The van der Waals surface area contributed by atoms with Crippen molar-refractivity contribution in [3.63, 3.8) is 0 Å². The smallest absolute Gasteiger partial charge is 0.254 e. The molecule has 5 heteroatoms. The Morgan fingerprint density at radius 1 is 1.50 bits per heavy atom. The Hall–Kier alpha value is -1.36. The predicted molar refractivity (Wildman–Crippen MR) is 63.4 cm³/mol. The highest BCUT2D eigenvalue weighted by molar-refractivity contribution is 5.94. The number of carbonyl (C=O) groups is 1. The van der Waals surface area contributed by atoms with E-state index in [4.69, 9.17) is 0 Å². The van der Waals surface area contributed by atoms with Crippen LogP contribution in [0.5, 0.6) is 0 Å². The van der Waals surface area contributed by atoms with Gasteiger partial charge in [0.05, 0.1) is 11.8 Å². The number of rotatable bonds is 6. The topological polar surface area (TPSA) is 58.9 Å². The summed E-state index contributed by atoms with van der Waals surface area (Å²) in [5, 5.41) is 10.1. The Balaban J connectivity index is 2.33. The van der Waals surface area contributed by atoms with Crippen molar-refractivity contribution >= 4 is 5.91 Å². The molecule has 0 fully saturated rings. The highest BCUT2D eigenvalue weighted by atomic mass is 16.1. The molecule has 0 aliphatic rings. The van der Waals surface area contributed by atoms with Gasteiger partial charge >= 0.3 is 0 Å². The Kier molecular flexibility index (Phi) is 4.98. The molecule has 0 aromatic carbocycles. The fourth-order valence-corrected chi connectivity index (χ4v) is 1.41. The first kappa shape index (κ1) is 12.7. The second-order valence-corrected chi connectivity index (χ2v) is 3.73. The van der Waals surface area contributed by atoms with Gasteiger partial charge in [0.2, 0.25) is 0 Å². The van der Waals surface area contributed by atoms with E-state index in [0.29, 0.717) is 12.1 Å². The minimum absolute atomic E-state index is 0.0397. The Morgan fingerprint density at radius 3 is 2.81 bits per heavy atom. The van der Waals surface area contributed by atoms with Crippen molar-refractivity contribution in [1.82, 2.24) is 20.4 Å². The molecular weight excluding hydrogens is 204 g/mol. The summed E-state index contributed by atoms with van der Waals surface area (Å²) in [6.07, 6.45) is 2.55. The van der Waals surface area contributed by atoms with E-state index in [9.17, 15) is 4.79 Å². The van der Waals surface area contributed by atoms with Crippen molar-refractivity contribution in [2.45, 2.75) is 20.3 Å². The SMILES string of the molecule is CCNCCCNC(=O)c1cnn(C)c1C. The van der Waals surface area contributed by atoms with E-state index < -0.39 is 0 Å². The predicted octanol–water partition coefficient (Wildman–Crippen LogP) is 0.458. The van der Waals surface area contributed by atoms with Crippen molar-refractivity contribution in [3.05, 3.63) is 17.5 Å². The van der Waals surface area contributed by atoms with Gasteiger partial charge < -0.3 is 10.6 Å². The summed E-state index contributed by atoms with van der Waals surface area (Å²) in [7, 11) is 1.83. The summed E-state index contributed by atoms with van der Waals surface area (Å²) in [5.74, 6) is -0.0397. The fourth-order valence-electron chi connectivity index (χ4n) is 1.41. The molecule has 1 heterocycles. The summed E-state index contributed by atoms with van der Waals surface area (Å²) < 4.78 is 1.70. The van der Waals surface area contributed by atoms with Crippen molar-refractivity contribution < 1.29 is 4.79 Å². The summed E-state index contributed by atoms with van der Waals surface area (Å²) in [6.45, 7) is 6.55. The third kappa shape index (κ3) is 3.34. The van der Waals surface area contributed by atoms with E-state index in [0.717, 1.165) is 25.2 Å². The van der Waals surface area contributed by atoms with Gasteiger partial charge in [-0.25, -0.2) is 0 Å². The molecule has 0 atom stereocenters. The van der Waals surface area contributed by atoms with E-state index in [1.54, 1.807) is 10.9 Å². The lowest BCUT2D eigenvalue weighted by molar-refractivity contribution is 0.0952. The lowest BCUT2D eigenvalue weighted by atomic mass is 10.2. The lowest BCUT2D eigenvalue weighted by Crippen LogP contribution is -2.27. The second-order valence-electron chi connectivity index (χ2n) is 3.73. The molecule has 5 nitrogen and oxygen atoms in total. The van der Waals surface area contributed by atoms with Crippen LogP contribution in [0.1, 0.15) is 29.4 Å². The van der Waals surface area contributed by atoms with E-state index in [2.05, 4.69) is 22.7 Å². The van der Waals surface area contributed by atoms with Gasteiger partial charge in [-0.1, -0.05) is 6.92 Å². The van der Waals surface area contributed by atoms with Crippen LogP contribution in [0.25, 0.3) is 0 Å². The molecule has 0 spiro atoms. The molecule has 1 aromatic rings. The van der Waals surface area contributed by atoms with E-state index in [-0.39, 0.29) is 5.91 Å². The minimum atomic E-state index is -0.0397. The third-order valence-corrected chi connectivity index (χ3v) is 2.55. The molecule has 16 heavy (non-hydrogen) atoms. The molecular formula is C11H20N4O. The van der Waals surface area contributed by atoms with Crippen LogP contribution in [0.4, 0.5) is 0 Å². The number of nitrogens with zero attached hydrogens (tertiary/aromatic N) is 2. The van der Waals surface area contributed by atoms with Crippen LogP contribution in [-0.4, -0.2) is 35.3 Å². The summed E-state index contributed by atoms with van der Waals surface area (Å²) in [4.78, 5) is 11.7.